The molecule has 1 N–H and O–H groups in total. The summed E-state index contributed by atoms with van der Waals surface area (Å²) in [5.41, 5.74) is 1.72. The van der Waals surface area contributed by atoms with Crippen molar-refractivity contribution < 1.29 is 10.0 Å². The summed E-state index contributed by atoms with van der Waals surface area (Å²) < 4.78 is 0. The van der Waals surface area contributed by atoms with Gasteiger partial charge in [0.1, 0.15) is 0 Å². The first kappa shape index (κ1) is 16.1. The Kier molecular flexibility index (Phi) is 5.25. The Labute approximate surface area is 130 Å². The van der Waals surface area contributed by atoms with Crippen molar-refractivity contribution in [3.8, 4) is 0 Å². The first-order chi connectivity index (χ1) is 10.5. The van der Waals surface area contributed by atoms with E-state index >= 15 is 0 Å². The maximum absolute atomic E-state index is 11.0. The van der Waals surface area contributed by atoms with Gasteiger partial charge in [0, 0.05) is 24.6 Å². The van der Waals surface area contributed by atoms with Gasteiger partial charge in [0.25, 0.3) is 5.69 Å². The normalized spacial score (nSPS) is 13.8. The molecule has 0 bridgehead atoms. The summed E-state index contributed by atoms with van der Waals surface area (Å²) in [4.78, 5) is 12.5. The molecule has 5 heteroatoms. The van der Waals surface area contributed by atoms with Crippen LogP contribution in [0.1, 0.15) is 17.0 Å². The van der Waals surface area contributed by atoms with Gasteiger partial charge in [-0.05, 0) is 25.2 Å². The van der Waals surface area contributed by atoms with Crippen molar-refractivity contribution >= 4 is 5.69 Å². The van der Waals surface area contributed by atoms with Crippen LogP contribution < -0.4 is 0 Å². The Hall–Kier alpha value is -2.24. The van der Waals surface area contributed by atoms with Gasteiger partial charge < -0.3 is 10.0 Å². The molecule has 0 saturated heterocycles. The minimum atomic E-state index is -0.653. The van der Waals surface area contributed by atoms with Gasteiger partial charge in [0.05, 0.1) is 11.0 Å². The van der Waals surface area contributed by atoms with E-state index in [1.807, 2.05) is 55.4 Å². The van der Waals surface area contributed by atoms with E-state index < -0.39 is 11.0 Å². The maximum atomic E-state index is 11.0. The SMILES string of the molecule is CN(C)CC(O)C(c1ccccc1)c1cccc([N+](=O)[O-])c1. The zero-order valence-electron chi connectivity index (χ0n) is 12.7. The number of likely N-dealkylation sites (N-methyl/N-ethyl adjacent to an activating group) is 1. The number of benzene rings is 2. The highest BCUT2D eigenvalue weighted by molar-refractivity contribution is 5.41. The van der Waals surface area contributed by atoms with Gasteiger partial charge in [0.2, 0.25) is 0 Å². The highest BCUT2D eigenvalue weighted by Gasteiger charge is 2.25. The molecule has 2 aromatic rings. The third-order valence-electron chi connectivity index (χ3n) is 3.54. The number of nitro groups is 1. The van der Waals surface area contributed by atoms with Crippen molar-refractivity contribution in [3.63, 3.8) is 0 Å². The van der Waals surface area contributed by atoms with Crippen molar-refractivity contribution in [1.82, 2.24) is 4.90 Å². The first-order valence-electron chi connectivity index (χ1n) is 7.11. The average Bonchev–Trinajstić information content (AvgIpc) is 2.48. The number of nitro benzene ring substituents is 1. The minimum absolute atomic E-state index is 0.0375. The van der Waals surface area contributed by atoms with Crippen LogP contribution in [0.2, 0.25) is 0 Å². The fourth-order valence-corrected chi connectivity index (χ4v) is 2.61. The van der Waals surface area contributed by atoms with Crippen LogP contribution in [0, 0.1) is 10.1 Å². The van der Waals surface area contributed by atoms with E-state index in [0.29, 0.717) is 6.54 Å². The quantitative estimate of drug-likeness (QED) is 0.658. The smallest absolute Gasteiger partial charge is 0.269 e. The van der Waals surface area contributed by atoms with Crippen molar-refractivity contribution in [2.75, 3.05) is 20.6 Å². The van der Waals surface area contributed by atoms with Crippen LogP contribution >= 0.6 is 0 Å². The molecule has 0 amide bonds. The van der Waals surface area contributed by atoms with Crippen LogP contribution in [0.4, 0.5) is 5.69 Å². The molecule has 2 atom stereocenters. The Morgan fingerprint density at radius 3 is 2.32 bits per heavy atom. The molecule has 2 unspecified atom stereocenters. The van der Waals surface area contributed by atoms with E-state index in [0.717, 1.165) is 11.1 Å². The van der Waals surface area contributed by atoms with Crippen molar-refractivity contribution in [2.24, 2.45) is 0 Å². The monoisotopic (exact) mass is 300 g/mol. The van der Waals surface area contributed by atoms with Crippen molar-refractivity contribution in [3.05, 3.63) is 75.8 Å². The van der Waals surface area contributed by atoms with Crippen molar-refractivity contribution in [2.45, 2.75) is 12.0 Å². The second kappa shape index (κ2) is 7.15. The molecular weight excluding hydrogens is 280 g/mol. The lowest BCUT2D eigenvalue weighted by atomic mass is 9.86. The largest absolute Gasteiger partial charge is 0.391 e. The molecule has 0 aromatic heterocycles. The van der Waals surface area contributed by atoms with Gasteiger partial charge in [-0.15, -0.1) is 0 Å². The molecule has 0 aliphatic heterocycles. The summed E-state index contributed by atoms with van der Waals surface area (Å²) in [5.74, 6) is -0.302. The minimum Gasteiger partial charge on any atom is -0.391 e. The zero-order chi connectivity index (χ0) is 16.1. The number of rotatable bonds is 6. The van der Waals surface area contributed by atoms with Gasteiger partial charge in [-0.25, -0.2) is 0 Å². The van der Waals surface area contributed by atoms with Crippen LogP contribution in [0.15, 0.2) is 54.6 Å². The fraction of sp³-hybridized carbons (Fsp3) is 0.294. The summed E-state index contributed by atoms with van der Waals surface area (Å²) in [6.07, 6.45) is -0.653. The summed E-state index contributed by atoms with van der Waals surface area (Å²) in [5, 5.41) is 21.6. The second-order valence-corrected chi connectivity index (χ2v) is 5.57. The van der Waals surface area contributed by atoms with E-state index in [2.05, 4.69) is 0 Å². The summed E-state index contributed by atoms with van der Waals surface area (Å²) >= 11 is 0. The Bertz CT molecular complexity index is 629. The molecule has 0 radical (unpaired) electrons. The van der Waals surface area contributed by atoms with Gasteiger partial charge in [-0.2, -0.15) is 0 Å². The molecule has 0 heterocycles. The number of aliphatic hydroxyl groups excluding tert-OH is 1. The summed E-state index contributed by atoms with van der Waals surface area (Å²) in [6.45, 7) is 0.474. The highest BCUT2D eigenvalue weighted by atomic mass is 16.6. The van der Waals surface area contributed by atoms with Gasteiger partial charge in [-0.3, -0.25) is 10.1 Å². The van der Waals surface area contributed by atoms with E-state index in [4.69, 9.17) is 0 Å². The molecule has 0 fully saturated rings. The fourth-order valence-electron chi connectivity index (χ4n) is 2.61. The van der Waals surface area contributed by atoms with E-state index in [9.17, 15) is 15.2 Å². The highest BCUT2D eigenvalue weighted by Crippen LogP contribution is 2.30. The molecule has 5 nitrogen and oxygen atoms in total. The maximum Gasteiger partial charge on any atom is 0.269 e. The molecule has 0 aliphatic carbocycles. The lowest BCUT2D eigenvalue weighted by Gasteiger charge is -2.26. The van der Waals surface area contributed by atoms with E-state index in [1.54, 1.807) is 6.07 Å². The molecule has 2 aromatic carbocycles. The zero-order valence-corrected chi connectivity index (χ0v) is 12.7. The third-order valence-corrected chi connectivity index (χ3v) is 3.54. The number of non-ortho nitro benzene ring substituents is 1. The van der Waals surface area contributed by atoms with Crippen LogP contribution in [0.25, 0.3) is 0 Å². The van der Waals surface area contributed by atoms with Gasteiger partial charge >= 0.3 is 0 Å². The number of aliphatic hydroxyl groups is 1. The van der Waals surface area contributed by atoms with E-state index in [1.165, 1.54) is 12.1 Å². The molecule has 0 spiro atoms. The lowest BCUT2D eigenvalue weighted by Crippen LogP contribution is -2.31. The molecular formula is C17H20N2O3. The predicted octanol–water partition coefficient (Wildman–Crippen LogP) is 2.65. The molecule has 116 valence electrons. The van der Waals surface area contributed by atoms with Crippen LogP contribution in [-0.4, -0.2) is 41.7 Å². The molecule has 2 rings (SSSR count). The molecule has 22 heavy (non-hydrogen) atoms. The lowest BCUT2D eigenvalue weighted by molar-refractivity contribution is -0.384. The summed E-state index contributed by atoms with van der Waals surface area (Å²) in [6, 6.07) is 16.1. The number of hydrogen-bond acceptors (Lipinski definition) is 4. The van der Waals surface area contributed by atoms with Crippen LogP contribution in [-0.2, 0) is 0 Å². The Balaban J connectivity index is 2.44. The van der Waals surface area contributed by atoms with Gasteiger partial charge in [-0.1, -0.05) is 42.5 Å². The predicted molar refractivity (Wildman–Crippen MR) is 85.9 cm³/mol. The van der Waals surface area contributed by atoms with Crippen LogP contribution in [0.5, 0.6) is 0 Å². The first-order valence-corrected chi connectivity index (χ1v) is 7.11. The summed E-state index contributed by atoms with van der Waals surface area (Å²) in [7, 11) is 3.78. The average molecular weight is 300 g/mol. The van der Waals surface area contributed by atoms with Gasteiger partial charge in [0.15, 0.2) is 0 Å². The van der Waals surface area contributed by atoms with Crippen LogP contribution in [0.3, 0.4) is 0 Å². The standard InChI is InChI=1S/C17H20N2O3/c1-18(2)12-16(20)17(13-7-4-3-5-8-13)14-9-6-10-15(11-14)19(21)22/h3-11,16-17,20H,12H2,1-2H3. The second-order valence-electron chi connectivity index (χ2n) is 5.57. The van der Waals surface area contributed by atoms with E-state index in [-0.39, 0.29) is 11.6 Å². The number of nitrogens with zero attached hydrogens (tertiary/aromatic N) is 2. The molecule has 0 aliphatic rings. The topological polar surface area (TPSA) is 66.6 Å². The van der Waals surface area contributed by atoms with Crippen molar-refractivity contribution in [1.29, 1.82) is 0 Å². The Morgan fingerprint density at radius 2 is 1.73 bits per heavy atom. The number of hydrogen-bond donors (Lipinski definition) is 1. The molecule has 0 saturated carbocycles. The third kappa shape index (κ3) is 3.90. The Morgan fingerprint density at radius 1 is 1.09 bits per heavy atom.